The number of fused-ring (bicyclic) bond motifs is 2. The number of nitrogens with one attached hydrogen (secondary N) is 3. The summed E-state index contributed by atoms with van der Waals surface area (Å²) in [5.41, 5.74) is 6.48. The number of imidazole rings is 1. The lowest BCUT2D eigenvalue weighted by Gasteiger charge is -2.08. The standard InChI is InChI=1S/C30H27FN8O3S/c1-16(2)30(40)34-21-11-19(12-32-13-21)23-4-5-24-27(35-23)28(39-38-24)29-36-25-15-33-14-22(26(25)37-29)18-8-17(9-20(31)10-18)6-7-43(3,41)42/h4-5,8-16H,6-7H2,1-3H3,(H,34,40)(H,36,37)(H,38,39). The van der Waals surface area contributed by atoms with Crippen LogP contribution in [0, 0.1) is 11.7 Å². The second-order valence-electron chi connectivity index (χ2n) is 10.7. The second-order valence-corrected chi connectivity index (χ2v) is 12.9. The van der Waals surface area contributed by atoms with Crippen LogP contribution in [-0.4, -0.2) is 61.5 Å². The van der Waals surface area contributed by atoms with E-state index >= 15 is 0 Å². The number of hydrogen-bond donors (Lipinski definition) is 3. The number of carbonyl (C=O) groups excluding carboxylic acids is 1. The summed E-state index contributed by atoms with van der Waals surface area (Å²) in [4.78, 5) is 33.6. The van der Waals surface area contributed by atoms with Gasteiger partial charge < -0.3 is 10.3 Å². The lowest BCUT2D eigenvalue weighted by Crippen LogP contribution is -2.17. The van der Waals surface area contributed by atoms with Gasteiger partial charge in [-0.2, -0.15) is 5.10 Å². The molecule has 0 fully saturated rings. The molecule has 0 saturated carbocycles. The fraction of sp³-hybridized carbons (Fsp3) is 0.200. The summed E-state index contributed by atoms with van der Waals surface area (Å²) in [6.07, 6.45) is 7.81. The third-order valence-electron chi connectivity index (χ3n) is 6.88. The van der Waals surface area contributed by atoms with Gasteiger partial charge in [-0.3, -0.25) is 19.9 Å². The predicted molar refractivity (Wildman–Crippen MR) is 162 cm³/mol. The maximum Gasteiger partial charge on any atom is 0.226 e. The van der Waals surface area contributed by atoms with Gasteiger partial charge in [0.2, 0.25) is 5.91 Å². The molecule has 3 N–H and O–H groups in total. The van der Waals surface area contributed by atoms with E-state index in [-0.39, 0.29) is 24.0 Å². The third kappa shape index (κ3) is 5.97. The van der Waals surface area contributed by atoms with E-state index in [4.69, 9.17) is 9.97 Å². The molecule has 1 amide bonds. The van der Waals surface area contributed by atoms with Crippen LogP contribution in [0.1, 0.15) is 19.4 Å². The fourth-order valence-electron chi connectivity index (χ4n) is 4.67. The van der Waals surface area contributed by atoms with Gasteiger partial charge in [-0.15, -0.1) is 0 Å². The molecule has 0 saturated heterocycles. The van der Waals surface area contributed by atoms with Gasteiger partial charge in [0.25, 0.3) is 0 Å². The molecular weight excluding hydrogens is 571 g/mol. The van der Waals surface area contributed by atoms with Crippen LogP contribution in [0.2, 0.25) is 0 Å². The van der Waals surface area contributed by atoms with E-state index in [9.17, 15) is 17.6 Å². The van der Waals surface area contributed by atoms with E-state index in [0.717, 1.165) is 6.26 Å². The third-order valence-corrected chi connectivity index (χ3v) is 7.83. The Balaban J connectivity index is 1.38. The Bertz CT molecular complexity index is 2120. The van der Waals surface area contributed by atoms with Gasteiger partial charge in [0.1, 0.15) is 21.2 Å². The highest BCUT2D eigenvalue weighted by molar-refractivity contribution is 7.90. The monoisotopic (exact) mass is 598 g/mol. The highest BCUT2D eigenvalue weighted by Gasteiger charge is 2.18. The van der Waals surface area contributed by atoms with E-state index in [1.54, 1.807) is 30.9 Å². The topological polar surface area (TPSA) is 159 Å². The predicted octanol–water partition coefficient (Wildman–Crippen LogP) is 4.95. The van der Waals surface area contributed by atoms with Gasteiger partial charge >= 0.3 is 0 Å². The first-order valence-electron chi connectivity index (χ1n) is 13.5. The maximum absolute atomic E-state index is 14.6. The first-order chi connectivity index (χ1) is 20.5. The van der Waals surface area contributed by atoms with Crippen molar-refractivity contribution in [2.75, 3.05) is 17.3 Å². The summed E-state index contributed by atoms with van der Waals surface area (Å²) in [6.45, 7) is 3.63. The molecule has 218 valence electrons. The van der Waals surface area contributed by atoms with E-state index in [2.05, 4.69) is 30.5 Å². The highest BCUT2D eigenvalue weighted by atomic mass is 32.2. The zero-order valence-electron chi connectivity index (χ0n) is 23.5. The van der Waals surface area contributed by atoms with Crippen LogP contribution in [0.25, 0.3) is 56.0 Å². The molecule has 1 aromatic carbocycles. The molecule has 0 radical (unpaired) electrons. The van der Waals surface area contributed by atoms with E-state index in [0.29, 0.717) is 67.2 Å². The number of aromatic amines is 2. The molecular formula is C30H27FN8O3S. The SMILES string of the molecule is CC(C)C(=O)Nc1cncc(-c2ccc3[nH]nc(-c4nc5c(-c6cc(F)cc(CCS(C)(=O)=O)c6)cncc5[nH]4)c3n2)c1. The fourth-order valence-corrected chi connectivity index (χ4v) is 5.28. The molecule has 0 aliphatic rings. The molecule has 0 bridgehead atoms. The molecule has 5 aromatic heterocycles. The van der Waals surface area contributed by atoms with Crippen molar-refractivity contribution in [3.05, 3.63) is 72.6 Å². The van der Waals surface area contributed by atoms with Crippen LogP contribution in [-0.2, 0) is 21.1 Å². The van der Waals surface area contributed by atoms with Crippen LogP contribution >= 0.6 is 0 Å². The Morgan fingerprint density at radius 1 is 0.953 bits per heavy atom. The number of H-pyrrole nitrogens is 2. The lowest BCUT2D eigenvalue weighted by atomic mass is 10.0. The minimum absolute atomic E-state index is 0.0843. The normalized spacial score (nSPS) is 11.9. The molecule has 6 aromatic rings. The average molecular weight is 599 g/mol. The molecule has 0 atom stereocenters. The Morgan fingerprint density at radius 3 is 2.56 bits per heavy atom. The summed E-state index contributed by atoms with van der Waals surface area (Å²) in [6, 6.07) is 9.96. The first-order valence-corrected chi connectivity index (χ1v) is 15.5. The Morgan fingerprint density at radius 2 is 1.77 bits per heavy atom. The number of pyridine rings is 3. The van der Waals surface area contributed by atoms with Crippen LogP contribution in [0.5, 0.6) is 0 Å². The average Bonchev–Trinajstić information content (AvgIpc) is 3.59. The van der Waals surface area contributed by atoms with Crippen LogP contribution in [0.4, 0.5) is 10.1 Å². The van der Waals surface area contributed by atoms with Gasteiger partial charge in [-0.25, -0.2) is 22.8 Å². The van der Waals surface area contributed by atoms with Crippen molar-refractivity contribution in [3.8, 4) is 33.9 Å². The van der Waals surface area contributed by atoms with Crippen molar-refractivity contribution in [1.82, 2.24) is 35.1 Å². The maximum atomic E-state index is 14.6. The number of benzene rings is 1. The second kappa shape index (κ2) is 11.0. The highest BCUT2D eigenvalue weighted by Crippen LogP contribution is 2.32. The van der Waals surface area contributed by atoms with Gasteiger partial charge in [-0.1, -0.05) is 19.9 Å². The zero-order valence-corrected chi connectivity index (χ0v) is 24.3. The minimum atomic E-state index is -3.21. The summed E-state index contributed by atoms with van der Waals surface area (Å²) in [5.74, 6) is -0.411. The van der Waals surface area contributed by atoms with Crippen molar-refractivity contribution < 1.29 is 17.6 Å². The van der Waals surface area contributed by atoms with Crippen molar-refractivity contribution in [2.24, 2.45) is 5.92 Å². The largest absolute Gasteiger partial charge is 0.335 e. The van der Waals surface area contributed by atoms with E-state index < -0.39 is 15.7 Å². The number of amides is 1. The van der Waals surface area contributed by atoms with Gasteiger partial charge in [0.05, 0.1) is 46.1 Å². The number of nitrogens with zero attached hydrogens (tertiary/aromatic N) is 5. The molecule has 0 aliphatic carbocycles. The molecule has 11 nitrogen and oxygen atoms in total. The number of halogens is 1. The molecule has 13 heteroatoms. The number of sulfone groups is 1. The number of aryl methyl sites for hydroxylation is 1. The van der Waals surface area contributed by atoms with Crippen molar-refractivity contribution in [3.63, 3.8) is 0 Å². The smallest absolute Gasteiger partial charge is 0.226 e. The summed E-state index contributed by atoms with van der Waals surface area (Å²) in [5, 5.41) is 10.3. The van der Waals surface area contributed by atoms with Gasteiger partial charge in [0, 0.05) is 35.7 Å². The Labute approximate surface area is 246 Å². The number of anilines is 1. The quantitative estimate of drug-likeness (QED) is 0.222. The number of hydrogen-bond acceptors (Lipinski definition) is 8. The number of aromatic nitrogens is 7. The van der Waals surface area contributed by atoms with Gasteiger partial charge in [0.15, 0.2) is 11.5 Å². The molecule has 0 spiro atoms. The summed E-state index contributed by atoms with van der Waals surface area (Å²) < 4.78 is 37.9. The molecule has 43 heavy (non-hydrogen) atoms. The zero-order chi connectivity index (χ0) is 30.3. The first kappa shape index (κ1) is 28.1. The van der Waals surface area contributed by atoms with Crippen LogP contribution in [0.3, 0.4) is 0 Å². The van der Waals surface area contributed by atoms with Gasteiger partial charge in [-0.05, 0) is 47.9 Å². The molecule has 6 rings (SSSR count). The van der Waals surface area contributed by atoms with Crippen molar-refractivity contribution >= 4 is 43.5 Å². The van der Waals surface area contributed by atoms with E-state index in [1.165, 1.54) is 12.1 Å². The van der Waals surface area contributed by atoms with Crippen molar-refractivity contribution in [1.29, 1.82) is 0 Å². The minimum Gasteiger partial charge on any atom is -0.335 e. The Hall–Kier alpha value is -5.04. The van der Waals surface area contributed by atoms with E-state index in [1.807, 2.05) is 32.0 Å². The van der Waals surface area contributed by atoms with Crippen LogP contribution < -0.4 is 5.32 Å². The summed E-state index contributed by atoms with van der Waals surface area (Å²) >= 11 is 0. The Kier molecular flexibility index (Phi) is 7.18. The number of rotatable bonds is 8. The number of carbonyl (C=O) groups is 1. The van der Waals surface area contributed by atoms with Crippen molar-refractivity contribution in [2.45, 2.75) is 20.3 Å². The van der Waals surface area contributed by atoms with Crippen LogP contribution in [0.15, 0.2) is 61.2 Å². The molecule has 5 heterocycles. The summed E-state index contributed by atoms with van der Waals surface area (Å²) in [7, 11) is -3.21. The molecule has 0 aliphatic heterocycles. The lowest BCUT2D eigenvalue weighted by molar-refractivity contribution is -0.118. The molecule has 0 unspecified atom stereocenters.